The normalized spacial score (nSPS) is 21.1. The number of piperidine rings is 1. The van der Waals surface area contributed by atoms with Crippen molar-refractivity contribution < 1.29 is 14.3 Å². The zero-order chi connectivity index (χ0) is 17.2. The molecule has 2 aliphatic rings. The Bertz CT molecular complexity index is 599. The molecule has 0 aromatic carbocycles. The van der Waals surface area contributed by atoms with Crippen molar-refractivity contribution in [3.63, 3.8) is 0 Å². The van der Waals surface area contributed by atoms with Crippen LogP contribution in [-0.4, -0.2) is 77.6 Å². The molecule has 3 amide bonds. The van der Waals surface area contributed by atoms with Crippen molar-refractivity contribution in [3.05, 3.63) is 30.1 Å². The zero-order valence-corrected chi connectivity index (χ0v) is 14.3. The van der Waals surface area contributed by atoms with Gasteiger partial charge in [0.15, 0.2) is 0 Å². The van der Waals surface area contributed by atoms with Gasteiger partial charge in [-0.15, -0.1) is 0 Å². The molecule has 130 valence electrons. The van der Waals surface area contributed by atoms with Crippen molar-refractivity contribution in [1.82, 2.24) is 19.7 Å². The number of likely N-dealkylation sites (tertiary alicyclic amines) is 1. The van der Waals surface area contributed by atoms with E-state index in [9.17, 15) is 9.59 Å². The number of pyridine rings is 1. The Morgan fingerprint density at radius 1 is 1.21 bits per heavy atom. The second kappa shape index (κ2) is 6.86. The van der Waals surface area contributed by atoms with Gasteiger partial charge in [-0.2, -0.15) is 0 Å². The number of hydrogen-bond donors (Lipinski definition) is 0. The van der Waals surface area contributed by atoms with Gasteiger partial charge < -0.3 is 9.64 Å². The van der Waals surface area contributed by atoms with Crippen LogP contribution in [0.25, 0.3) is 0 Å². The van der Waals surface area contributed by atoms with Crippen LogP contribution in [0.15, 0.2) is 24.5 Å². The van der Waals surface area contributed by atoms with Gasteiger partial charge in [0.1, 0.15) is 5.54 Å². The Kier molecular flexibility index (Phi) is 4.82. The summed E-state index contributed by atoms with van der Waals surface area (Å²) in [6, 6.07) is 3.81. The summed E-state index contributed by atoms with van der Waals surface area (Å²) in [5.74, 6) is -0.0767. The minimum absolute atomic E-state index is 0.0767. The Hall–Kier alpha value is -1.99. The van der Waals surface area contributed by atoms with Gasteiger partial charge >= 0.3 is 6.03 Å². The van der Waals surface area contributed by atoms with Crippen LogP contribution in [-0.2, 0) is 16.1 Å². The number of nitrogens with zero attached hydrogens (tertiary/aromatic N) is 4. The van der Waals surface area contributed by atoms with E-state index in [-0.39, 0.29) is 11.9 Å². The maximum atomic E-state index is 12.7. The first-order valence-electron chi connectivity index (χ1n) is 8.28. The number of ether oxygens (including phenoxy) is 1. The first-order valence-corrected chi connectivity index (χ1v) is 8.28. The number of amides is 3. The lowest BCUT2D eigenvalue weighted by molar-refractivity contribution is -0.135. The number of imide groups is 1. The molecule has 1 aromatic rings. The fourth-order valence-corrected chi connectivity index (χ4v) is 3.68. The van der Waals surface area contributed by atoms with E-state index in [1.807, 2.05) is 12.1 Å². The molecule has 0 radical (unpaired) electrons. The van der Waals surface area contributed by atoms with Gasteiger partial charge in [0.05, 0.1) is 6.61 Å². The molecule has 0 N–H and O–H groups in total. The molecule has 2 fully saturated rings. The summed E-state index contributed by atoms with van der Waals surface area (Å²) in [5.41, 5.74) is 0.516. The Morgan fingerprint density at radius 2 is 1.88 bits per heavy atom. The molecule has 3 rings (SSSR count). The second-order valence-electron chi connectivity index (χ2n) is 6.45. The van der Waals surface area contributed by atoms with Crippen LogP contribution in [0.2, 0.25) is 0 Å². The number of carbonyl (C=O) groups excluding carboxylic acids is 2. The van der Waals surface area contributed by atoms with Gasteiger partial charge in [-0.3, -0.25) is 19.6 Å². The molecule has 0 aliphatic carbocycles. The fourth-order valence-electron chi connectivity index (χ4n) is 3.68. The second-order valence-corrected chi connectivity index (χ2v) is 6.45. The molecule has 0 unspecified atom stereocenters. The van der Waals surface area contributed by atoms with Crippen LogP contribution in [0.5, 0.6) is 0 Å². The number of methoxy groups -OCH3 is 1. The lowest BCUT2D eigenvalue weighted by atomic mass is 9.85. The molecule has 7 nitrogen and oxygen atoms in total. The number of aromatic nitrogens is 1. The first kappa shape index (κ1) is 16.9. The highest BCUT2D eigenvalue weighted by molar-refractivity contribution is 6.06. The largest absolute Gasteiger partial charge is 0.383 e. The van der Waals surface area contributed by atoms with Crippen molar-refractivity contribution in [2.45, 2.75) is 24.9 Å². The van der Waals surface area contributed by atoms with Gasteiger partial charge in [0.2, 0.25) is 0 Å². The molecule has 0 bridgehead atoms. The van der Waals surface area contributed by atoms with Crippen molar-refractivity contribution >= 4 is 11.9 Å². The number of likely N-dealkylation sites (N-methyl/N-ethyl adjacent to an activating group) is 1. The Balaban J connectivity index is 1.70. The van der Waals surface area contributed by atoms with Gasteiger partial charge in [0, 0.05) is 52.7 Å². The third-order valence-electron chi connectivity index (χ3n) is 5.10. The van der Waals surface area contributed by atoms with Gasteiger partial charge in [-0.25, -0.2) is 4.79 Å². The van der Waals surface area contributed by atoms with Crippen molar-refractivity contribution in [2.75, 3.05) is 40.4 Å². The maximum Gasteiger partial charge on any atom is 0.327 e. The monoisotopic (exact) mass is 332 g/mol. The Morgan fingerprint density at radius 3 is 2.50 bits per heavy atom. The van der Waals surface area contributed by atoms with E-state index in [0.29, 0.717) is 26.0 Å². The van der Waals surface area contributed by atoms with Crippen molar-refractivity contribution in [1.29, 1.82) is 0 Å². The van der Waals surface area contributed by atoms with Crippen molar-refractivity contribution in [3.8, 4) is 0 Å². The van der Waals surface area contributed by atoms with E-state index in [2.05, 4.69) is 9.88 Å². The van der Waals surface area contributed by atoms with Crippen LogP contribution >= 0.6 is 0 Å². The molecular formula is C17H24N4O3. The summed E-state index contributed by atoms with van der Waals surface area (Å²) in [7, 11) is 3.18. The summed E-state index contributed by atoms with van der Waals surface area (Å²) in [4.78, 5) is 34.5. The SMILES string of the molecule is COCCN1C(=O)N(C)C(=O)C12CCN(Cc1ccncc1)CC2. The average molecular weight is 332 g/mol. The smallest absolute Gasteiger partial charge is 0.327 e. The summed E-state index contributed by atoms with van der Waals surface area (Å²) >= 11 is 0. The highest BCUT2D eigenvalue weighted by atomic mass is 16.5. The van der Waals surface area contributed by atoms with Crippen LogP contribution in [0.4, 0.5) is 4.79 Å². The third kappa shape index (κ3) is 2.89. The predicted molar refractivity (Wildman–Crippen MR) is 88.2 cm³/mol. The third-order valence-corrected chi connectivity index (χ3v) is 5.10. The van der Waals surface area contributed by atoms with E-state index in [1.165, 1.54) is 10.5 Å². The lowest BCUT2D eigenvalue weighted by Gasteiger charge is -2.42. The molecule has 1 aromatic heterocycles. The minimum Gasteiger partial charge on any atom is -0.383 e. The molecule has 1 spiro atoms. The van der Waals surface area contributed by atoms with Gasteiger partial charge in [-0.1, -0.05) is 0 Å². The van der Waals surface area contributed by atoms with Crippen LogP contribution in [0, 0.1) is 0 Å². The lowest BCUT2D eigenvalue weighted by Crippen LogP contribution is -2.57. The number of urea groups is 1. The number of rotatable bonds is 5. The highest BCUT2D eigenvalue weighted by Gasteiger charge is 2.56. The summed E-state index contributed by atoms with van der Waals surface area (Å²) in [6.07, 6.45) is 4.91. The average Bonchev–Trinajstić information content (AvgIpc) is 2.78. The molecular weight excluding hydrogens is 308 g/mol. The Labute approximate surface area is 142 Å². The fraction of sp³-hybridized carbons (Fsp3) is 0.588. The standard InChI is InChI=1S/C17H24N4O3/c1-19-15(22)17(21(16(19)23)11-12-24-2)5-9-20(10-6-17)13-14-3-7-18-8-4-14/h3-4,7-8H,5-6,9-13H2,1-2H3. The number of hydrogen-bond acceptors (Lipinski definition) is 5. The summed E-state index contributed by atoms with van der Waals surface area (Å²) in [5, 5.41) is 0. The van der Waals surface area contributed by atoms with E-state index in [4.69, 9.17) is 4.74 Å². The van der Waals surface area contributed by atoms with E-state index < -0.39 is 5.54 Å². The number of carbonyl (C=O) groups is 2. The molecule has 3 heterocycles. The highest BCUT2D eigenvalue weighted by Crippen LogP contribution is 2.36. The summed E-state index contributed by atoms with van der Waals surface area (Å²) < 4.78 is 5.12. The van der Waals surface area contributed by atoms with Crippen LogP contribution < -0.4 is 0 Å². The maximum absolute atomic E-state index is 12.7. The predicted octanol–water partition coefficient (Wildman–Crippen LogP) is 0.957. The van der Waals surface area contributed by atoms with Crippen molar-refractivity contribution in [2.24, 2.45) is 0 Å². The molecule has 24 heavy (non-hydrogen) atoms. The zero-order valence-electron chi connectivity index (χ0n) is 14.3. The molecule has 2 aliphatic heterocycles. The molecule has 0 saturated carbocycles. The molecule has 2 saturated heterocycles. The first-order chi connectivity index (χ1) is 11.6. The van der Waals surface area contributed by atoms with E-state index >= 15 is 0 Å². The van der Waals surface area contributed by atoms with Gasteiger partial charge in [-0.05, 0) is 30.5 Å². The minimum atomic E-state index is -0.695. The molecule has 0 atom stereocenters. The summed E-state index contributed by atoms with van der Waals surface area (Å²) in [6.45, 7) is 3.32. The molecule has 7 heteroatoms. The van der Waals surface area contributed by atoms with Crippen LogP contribution in [0.1, 0.15) is 18.4 Å². The quantitative estimate of drug-likeness (QED) is 0.751. The van der Waals surface area contributed by atoms with E-state index in [0.717, 1.165) is 19.6 Å². The van der Waals surface area contributed by atoms with Gasteiger partial charge in [0.25, 0.3) is 5.91 Å². The van der Waals surface area contributed by atoms with E-state index in [1.54, 1.807) is 31.5 Å². The topological polar surface area (TPSA) is 66.0 Å². The van der Waals surface area contributed by atoms with Crippen LogP contribution in [0.3, 0.4) is 0 Å².